The lowest BCUT2D eigenvalue weighted by Gasteiger charge is -2.35. The minimum Gasteiger partial charge on any atom is -0.339 e. The van der Waals surface area contributed by atoms with Gasteiger partial charge in [0.05, 0.1) is 0 Å². The molecule has 0 saturated carbocycles. The Morgan fingerprint density at radius 3 is 2.52 bits per heavy atom. The molecule has 0 spiro atoms. The molecule has 21 heavy (non-hydrogen) atoms. The number of rotatable bonds is 2. The van der Waals surface area contributed by atoms with Gasteiger partial charge in [0.2, 0.25) is 0 Å². The number of benzene rings is 1. The van der Waals surface area contributed by atoms with Gasteiger partial charge >= 0.3 is 0 Å². The van der Waals surface area contributed by atoms with Gasteiger partial charge in [-0.15, -0.1) is 0 Å². The van der Waals surface area contributed by atoms with Gasteiger partial charge < -0.3 is 9.80 Å². The summed E-state index contributed by atoms with van der Waals surface area (Å²) in [5.41, 5.74) is 3.71. The number of carbonyl (C=O) groups is 1. The molecule has 1 aromatic carbocycles. The summed E-state index contributed by atoms with van der Waals surface area (Å²) in [7, 11) is 4.12. The number of aryl methyl sites for hydroxylation is 2. The standard InChI is InChI=1S/C18H26N2O/c1-19-11-9-17(10-12-19)20(2)18(21)16-8-7-14-5-3-4-6-15(14)13-16/h7-8,13,17H,3-6,9-12H2,1-2H3. The average Bonchev–Trinajstić information content (AvgIpc) is 2.54. The van der Waals surface area contributed by atoms with E-state index in [-0.39, 0.29) is 5.91 Å². The van der Waals surface area contributed by atoms with Crippen molar-refractivity contribution < 1.29 is 4.79 Å². The summed E-state index contributed by atoms with van der Waals surface area (Å²) in [6.45, 7) is 2.18. The molecular weight excluding hydrogens is 260 g/mol. The lowest BCUT2D eigenvalue weighted by molar-refractivity contribution is 0.0659. The Morgan fingerprint density at radius 1 is 1.14 bits per heavy atom. The molecule has 1 aliphatic heterocycles. The Morgan fingerprint density at radius 2 is 1.81 bits per heavy atom. The molecular formula is C18H26N2O. The van der Waals surface area contributed by atoms with Crippen LogP contribution in [0, 0.1) is 0 Å². The maximum Gasteiger partial charge on any atom is 0.253 e. The van der Waals surface area contributed by atoms with Crippen molar-refractivity contribution in [3.8, 4) is 0 Å². The highest BCUT2D eigenvalue weighted by atomic mass is 16.2. The molecule has 1 aromatic rings. The summed E-state index contributed by atoms with van der Waals surface area (Å²) in [6.07, 6.45) is 7.03. The zero-order valence-electron chi connectivity index (χ0n) is 13.3. The largest absolute Gasteiger partial charge is 0.339 e. The summed E-state index contributed by atoms with van der Waals surface area (Å²) in [6, 6.07) is 6.73. The quantitative estimate of drug-likeness (QED) is 0.834. The SMILES string of the molecule is CN1CCC(N(C)C(=O)c2ccc3c(c2)CCCC3)CC1. The molecule has 0 N–H and O–H groups in total. The molecule has 3 heteroatoms. The van der Waals surface area contributed by atoms with Crippen molar-refractivity contribution in [2.45, 2.75) is 44.6 Å². The molecule has 1 aliphatic carbocycles. The monoisotopic (exact) mass is 286 g/mol. The van der Waals surface area contributed by atoms with Gasteiger partial charge in [-0.1, -0.05) is 6.07 Å². The van der Waals surface area contributed by atoms with Gasteiger partial charge in [-0.25, -0.2) is 0 Å². The fraction of sp³-hybridized carbons (Fsp3) is 0.611. The van der Waals surface area contributed by atoms with Crippen LogP contribution >= 0.6 is 0 Å². The first-order chi connectivity index (χ1) is 10.1. The van der Waals surface area contributed by atoms with E-state index in [0.717, 1.165) is 37.9 Å². The first kappa shape index (κ1) is 14.6. The molecule has 1 heterocycles. The summed E-state index contributed by atoms with van der Waals surface area (Å²) >= 11 is 0. The Balaban J connectivity index is 1.72. The first-order valence-electron chi connectivity index (χ1n) is 8.22. The minimum atomic E-state index is 0.193. The number of nitrogens with zero attached hydrogens (tertiary/aromatic N) is 2. The van der Waals surface area contributed by atoms with Gasteiger partial charge in [0.15, 0.2) is 0 Å². The fourth-order valence-electron chi connectivity index (χ4n) is 3.62. The predicted octanol–water partition coefficient (Wildman–Crippen LogP) is 2.73. The summed E-state index contributed by atoms with van der Waals surface area (Å²) in [5, 5.41) is 0. The second kappa shape index (κ2) is 6.18. The molecule has 114 valence electrons. The van der Waals surface area contributed by atoms with Crippen molar-refractivity contribution in [1.82, 2.24) is 9.80 Å². The second-order valence-corrected chi connectivity index (χ2v) is 6.64. The lowest BCUT2D eigenvalue weighted by atomic mass is 9.90. The zero-order chi connectivity index (χ0) is 14.8. The van der Waals surface area contributed by atoms with Crippen LogP contribution in [0.15, 0.2) is 18.2 Å². The first-order valence-corrected chi connectivity index (χ1v) is 8.22. The van der Waals surface area contributed by atoms with Crippen LogP contribution in [0.25, 0.3) is 0 Å². The molecule has 1 amide bonds. The van der Waals surface area contributed by atoms with E-state index in [1.54, 1.807) is 0 Å². The van der Waals surface area contributed by atoms with Crippen molar-refractivity contribution in [3.63, 3.8) is 0 Å². The number of carbonyl (C=O) groups excluding carboxylic acids is 1. The van der Waals surface area contributed by atoms with Gasteiger partial charge in [0.25, 0.3) is 5.91 Å². The van der Waals surface area contributed by atoms with Gasteiger partial charge in [0.1, 0.15) is 0 Å². The number of hydrogen-bond donors (Lipinski definition) is 0. The van der Waals surface area contributed by atoms with Gasteiger partial charge in [-0.3, -0.25) is 4.79 Å². The molecule has 3 nitrogen and oxygen atoms in total. The van der Waals surface area contributed by atoms with Crippen LogP contribution < -0.4 is 0 Å². The number of likely N-dealkylation sites (tertiary alicyclic amines) is 1. The Labute approximate surface area is 127 Å². The summed E-state index contributed by atoms with van der Waals surface area (Å²) < 4.78 is 0. The van der Waals surface area contributed by atoms with Crippen LogP contribution in [0.5, 0.6) is 0 Å². The van der Waals surface area contributed by atoms with Gasteiger partial charge in [0, 0.05) is 18.7 Å². The summed E-state index contributed by atoms with van der Waals surface area (Å²) in [4.78, 5) is 17.0. The smallest absolute Gasteiger partial charge is 0.253 e. The van der Waals surface area contributed by atoms with Crippen LogP contribution in [0.2, 0.25) is 0 Å². The van der Waals surface area contributed by atoms with Crippen LogP contribution in [-0.4, -0.2) is 48.9 Å². The highest BCUT2D eigenvalue weighted by Gasteiger charge is 2.25. The summed E-state index contributed by atoms with van der Waals surface area (Å²) in [5.74, 6) is 0.193. The highest BCUT2D eigenvalue weighted by Crippen LogP contribution is 2.24. The van der Waals surface area contributed by atoms with E-state index in [4.69, 9.17) is 0 Å². The highest BCUT2D eigenvalue weighted by molar-refractivity contribution is 5.94. The van der Waals surface area contributed by atoms with E-state index in [0.29, 0.717) is 6.04 Å². The number of fused-ring (bicyclic) bond motifs is 1. The van der Waals surface area contributed by atoms with Crippen molar-refractivity contribution >= 4 is 5.91 Å². The van der Waals surface area contributed by atoms with Gasteiger partial charge in [-0.2, -0.15) is 0 Å². The average molecular weight is 286 g/mol. The van der Waals surface area contributed by atoms with E-state index < -0.39 is 0 Å². The topological polar surface area (TPSA) is 23.6 Å². The van der Waals surface area contributed by atoms with Crippen LogP contribution in [0.1, 0.15) is 47.2 Å². The molecule has 1 saturated heterocycles. The maximum absolute atomic E-state index is 12.7. The van der Waals surface area contributed by atoms with E-state index in [1.807, 2.05) is 18.0 Å². The molecule has 0 atom stereocenters. The zero-order valence-corrected chi connectivity index (χ0v) is 13.3. The van der Waals surface area contributed by atoms with E-state index >= 15 is 0 Å². The fourth-order valence-corrected chi connectivity index (χ4v) is 3.62. The lowest BCUT2D eigenvalue weighted by Crippen LogP contribution is -2.44. The number of hydrogen-bond acceptors (Lipinski definition) is 2. The number of piperidine rings is 1. The predicted molar refractivity (Wildman–Crippen MR) is 85.7 cm³/mol. The Bertz CT molecular complexity index is 518. The maximum atomic E-state index is 12.7. The second-order valence-electron chi connectivity index (χ2n) is 6.64. The van der Waals surface area contributed by atoms with Crippen LogP contribution in [0.3, 0.4) is 0 Å². The molecule has 3 rings (SSSR count). The van der Waals surface area contributed by atoms with Crippen LogP contribution in [0.4, 0.5) is 0 Å². The third-order valence-electron chi connectivity index (χ3n) is 5.15. The Kier molecular flexibility index (Phi) is 4.29. The van der Waals surface area contributed by atoms with Crippen molar-refractivity contribution in [2.75, 3.05) is 27.2 Å². The Hall–Kier alpha value is -1.35. The molecule has 0 aromatic heterocycles. The third-order valence-corrected chi connectivity index (χ3v) is 5.15. The normalized spacial score (nSPS) is 20.1. The molecule has 0 radical (unpaired) electrons. The molecule has 0 bridgehead atoms. The molecule has 1 fully saturated rings. The van der Waals surface area contributed by atoms with Crippen molar-refractivity contribution in [3.05, 3.63) is 34.9 Å². The van der Waals surface area contributed by atoms with E-state index in [9.17, 15) is 4.79 Å². The molecule has 0 unspecified atom stereocenters. The van der Waals surface area contributed by atoms with Crippen molar-refractivity contribution in [2.24, 2.45) is 0 Å². The third kappa shape index (κ3) is 3.13. The minimum absolute atomic E-state index is 0.193. The number of amides is 1. The van der Waals surface area contributed by atoms with Crippen LogP contribution in [-0.2, 0) is 12.8 Å². The van der Waals surface area contributed by atoms with Crippen molar-refractivity contribution in [1.29, 1.82) is 0 Å². The van der Waals surface area contributed by atoms with E-state index in [2.05, 4.69) is 24.1 Å². The van der Waals surface area contributed by atoms with Gasteiger partial charge in [-0.05, 0) is 81.9 Å². The molecule has 2 aliphatic rings. The van der Waals surface area contributed by atoms with E-state index in [1.165, 1.54) is 30.4 Å².